The number of imide groups is 1. The summed E-state index contributed by atoms with van der Waals surface area (Å²) in [5.41, 5.74) is -1.14. The molecule has 0 radical (unpaired) electrons. The van der Waals surface area contributed by atoms with Gasteiger partial charge in [0.15, 0.2) is 11.6 Å². The van der Waals surface area contributed by atoms with Crippen LogP contribution in [0.5, 0.6) is 5.88 Å². The molecule has 1 aromatic heterocycles. The second-order valence-corrected chi connectivity index (χ2v) is 9.03. The third-order valence-corrected chi connectivity index (χ3v) is 6.62. The summed E-state index contributed by atoms with van der Waals surface area (Å²) in [6.45, 7) is 1.62. The quantitative estimate of drug-likeness (QED) is 0.496. The lowest BCUT2D eigenvalue weighted by Gasteiger charge is -2.51. The number of hydrogen-bond acceptors (Lipinski definition) is 5. The molecule has 5 rings (SSSR count). The highest BCUT2D eigenvalue weighted by Crippen LogP contribution is 2.38. The maximum absolute atomic E-state index is 15.1. The van der Waals surface area contributed by atoms with Gasteiger partial charge in [0.2, 0.25) is 11.8 Å². The van der Waals surface area contributed by atoms with E-state index in [0.717, 1.165) is 12.1 Å². The van der Waals surface area contributed by atoms with Gasteiger partial charge >= 0.3 is 6.03 Å². The van der Waals surface area contributed by atoms with Gasteiger partial charge in [-0.2, -0.15) is 0 Å². The SMILES string of the molecule is COc1ccc(N2CCN3C(=O)N(c4c(F)cc(C#Cc5ccccc5)cc4F)C(=O)CC3(C)C2=O)cn1. The molecular weight excluding hydrogens is 494 g/mol. The molecule has 0 spiro atoms. The van der Waals surface area contributed by atoms with Crippen LogP contribution in [0.2, 0.25) is 0 Å². The summed E-state index contributed by atoms with van der Waals surface area (Å²) in [5, 5.41) is 0. The Morgan fingerprint density at radius 1 is 0.947 bits per heavy atom. The molecular formula is C28H22F2N4O4. The first-order valence-electron chi connectivity index (χ1n) is 11.8. The Morgan fingerprint density at radius 2 is 1.63 bits per heavy atom. The Labute approximate surface area is 217 Å². The Balaban J connectivity index is 1.42. The Hall–Kier alpha value is -4.78. The number of anilines is 2. The molecule has 0 saturated carbocycles. The fraction of sp³-hybridized carbons (Fsp3) is 0.214. The van der Waals surface area contributed by atoms with Gasteiger partial charge in [-0.15, -0.1) is 0 Å². The van der Waals surface area contributed by atoms with Gasteiger partial charge < -0.3 is 14.5 Å². The summed E-state index contributed by atoms with van der Waals surface area (Å²) >= 11 is 0. The van der Waals surface area contributed by atoms with E-state index in [1.165, 1.54) is 30.0 Å². The minimum Gasteiger partial charge on any atom is -0.481 e. The molecule has 0 N–H and O–H groups in total. The van der Waals surface area contributed by atoms with Gasteiger partial charge in [0.05, 0.1) is 25.4 Å². The smallest absolute Gasteiger partial charge is 0.332 e. The normalized spacial score (nSPS) is 19.2. The zero-order valence-electron chi connectivity index (χ0n) is 20.6. The zero-order valence-corrected chi connectivity index (χ0v) is 20.6. The molecule has 2 saturated heterocycles. The molecule has 3 aromatic rings. The molecule has 0 bridgehead atoms. The van der Waals surface area contributed by atoms with Gasteiger partial charge in [0.1, 0.15) is 11.2 Å². The minimum atomic E-state index is -1.53. The Bertz CT molecular complexity index is 1480. The molecule has 2 aromatic carbocycles. The lowest BCUT2D eigenvalue weighted by Crippen LogP contribution is -2.73. The third-order valence-electron chi connectivity index (χ3n) is 6.62. The molecule has 38 heavy (non-hydrogen) atoms. The van der Waals surface area contributed by atoms with Crippen molar-refractivity contribution in [3.63, 3.8) is 0 Å². The van der Waals surface area contributed by atoms with Crippen LogP contribution in [0.4, 0.5) is 25.0 Å². The monoisotopic (exact) mass is 516 g/mol. The van der Waals surface area contributed by atoms with Crippen molar-refractivity contribution < 1.29 is 27.9 Å². The second-order valence-electron chi connectivity index (χ2n) is 9.03. The van der Waals surface area contributed by atoms with Gasteiger partial charge in [-0.1, -0.05) is 30.0 Å². The number of fused-ring (bicyclic) bond motifs is 1. The van der Waals surface area contributed by atoms with Crippen molar-refractivity contribution in [1.29, 1.82) is 0 Å². The van der Waals surface area contributed by atoms with Gasteiger partial charge in [-0.25, -0.2) is 23.5 Å². The zero-order chi connectivity index (χ0) is 27.0. The van der Waals surface area contributed by atoms with E-state index in [1.54, 1.807) is 36.4 Å². The summed E-state index contributed by atoms with van der Waals surface area (Å²) in [6.07, 6.45) is 1.01. The fourth-order valence-corrected chi connectivity index (χ4v) is 4.67. The number of halogens is 2. The minimum absolute atomic E-state index is 0.0424. The highest BCUT2D eigenvalue weighted by atomic mass is 19.1. The van der Waals surface area contributed by atoms with Crippen LogP contribution < -0.4 is 14.5 Å². The van der Waals surface area contributed by atoms with Crippen LogP contribution in [0, 0.1) is 23.5 Å². The van der Waals surface area contributed by atoms with E-state index >= 15 is 8.78 Å². The van der Waals surface area contributed by atoms with E-state index in [2.05, 4.69) is 16.8 Å². The molecule has 192 valence electrons. The topological polar surface area (TPSA) is 83.0 Å². The average Bonchev–Trinajstić information content (AvgIpc) is 2.90. The maximum atomic E-state index is 15.1. The molecule has 2 aliphatic rings. The van der Waals surface area contributed by atoms with Gasteiger partial charge in [-0.05, 0) is 37.3 Å². The van der Waals surface area contributed by atoms with E-state index < -0.39 is 47.1 Å². The van der Waals surface area contributed by atoms with Crippen LogP contribution in [0.1, 0.15) is 24.5 Å². The first-order chi connectivity index (χ1) is 18.2. The fourth-order valence-electron chi connectivity index (χ4n) is 4.67. The number of aromatic nitrogens is 1. The number of ether oxygens (including phenoxy) is 1. The largest absolute Gasteiger partial charge is 0.481 e. The molecule has 1 atom stereocenters. The number of carbonyl (C=O) groups is 3. The highest BCUT2D eigenvalue weighted by Gasteiger charge is 2.56. The first kappa shape index (κ1) is 24.9. The summed E-state index contributed by atoms with van der Waals surface area (Å²) in [7, 11) is 1.47. The van der Waals surface area contributed by atoms with Crippen LogP contribution in [0.25, 0.3) is 0 Å². The first-order valence-corrected chi connectivity index (χ1v) is 11.8. The Kier molecular flexibility index (Phi) is 6.28. The molecule has 8 nitrogen and oxygen atoms in total. The third kappa shape index (κ3) is 4.22. The molecule has 1 unspecified atom stereocenters. The van der Waals surface area contributed by atoms with E-state index in [0.29, 0.717) is 22.0 Å². The van der Waals surface area contributed by atoms with Crippen LogP contribution in [-0.4, -0.2) is 53.5 Å². The molecule has 4 amide bonds. The molecule has 10 heteroatoms. The summed E-state index contributed by atoms with van der Waals surface area (Å²) in [5.74, 6) is 2.26. The van der Waals surface area contributed by atoms with Crippen molar-refractivity contribution >= 4 is 29.2 Å². The lowest BCUT2D eigenvalue weighted by atomic mass is 9.88. The van der Waals surface area contributed by atoms with Gasteiger partial charge in [0.25, 0.3) is 5.91 Å². The average molecular weight is 517 g/mol. The summed E-state index contributed by atoms with van der Waals surface area (Å²) in [6, 6.07) is 13.1. The number of pyridine rings is 1. The number of rotatable bonds is 3. The van der Waals surface area contributed by atoms with Crippen molar-refractivity contribution in [3.05, 3.63) is 83.6 Å². The van der Waals surface area contributed by atoms with Crippen molar-refractivity contribution in [3.8, 4) is 17.7 Å². The van der Waals surface area contributed by atoms with Gasteiger partial charge in [0, 0.05) is 30.3 Å². The Morgan fingerprint density at radius 3 is 2.26 bits per heavy atom. The standard InChI is InChI=1S/C28H22F2N4O4/c1-28-16-24(35)34(25-21(29)14-19(15-22(25)30)9-8-18-6-4-3-5-7-18)27(37)33(28)13-12-32(26(28)36)20-10-11-23(38-2)31-17-20/h3-7,10-11,14-15,17H,12-13,16H2,1-2H3. The summed E-state index contributed by atoms with van der Waals surface area (Å²) < 4.78 is 35.3. The lowest BCUT2D eigenvalue weighted by molar-refractivity contribution is -0.137. The predicted molar refractivity (Wildman–Crippen MR) is 135 cm³/mol. The molecule has 3 heterocycles. The van der Waals surface area contributed by atoms with Crippen LogP contribution >= 0.6 is 0 Å². The van der Waals surface area contributed by atoms with Crippen LogP contribution in [-0.2, 0) is 9.59 Å². The van der Waals surface area contributed by atoms with Crippen molar-refractivity contribution in [2.24, 2.45) is 0 Å². The number of carbonyl (C=O) groups excluding carboxylic acids is 3. The molecule has 2 aliphatic heterocycles. The summed E-state index contributed by atoms with van der Waals surface area (Å²) in [4.78, 5) is 47.2. The highest BCUT2D eigenvalue weighted by molar-refractivity contribution is 6.20. The van der Waals surface area contributed by atoms with Crippen molar-refractivity contribution in [2.45, 2.75) is 18.9 Å². The number of benzene rings is 2. The predicted octanol–water partition coefficient (Wildman–Crippen LogP) is 3.73. The van der Waals surface area contributed by atoms with Crippen molar-refractivity contribution in [2.75, 3.05) is 30.0 Å². The number of urea groups is 1. The number of nitrogens with zero attached hydrogens (tertiary/aromatic N) is 4. The van der Waals surface area contributed by atoms with Crippen LogP contribution in [0.15, 0.2) is 60.8 Å². The van der Waals surface area contributed by atoms with E-state index in [-0.39, 0.29) is 18.7 Å². The molecule has 0 aliphatic carbocycles. The number of amides is 4. The number of methoxy groups -OCH3 is 1. The van der Waals surface area contributed by atoms with Crippen LogP contribution in [0.3, 0.4) is 0 Å². The number of piperazine rings is 1. The molecule has 2 fully saturated rings. The van der Waals surface area contributed by atoms with E-state index in [4.69, 9.17) is 4.74 Å². The van der Waals surface area contributed by atoms with Gasteiger partial charge in [-0.3, -0.25) is 9.59 Å². The second kappa shape index (κ2) is 9.59. The van der Waals surface area contributed by atoms with E-state index in [1.807, 2.05) is 6.07 Å². The number of hydrogen-bond donors (Lipinski definition) is 0. The van der Waals surface area contributed by atoms with Crippen molar-refractivity contribution in [1.82, 2.24) is 9.88 Å². The maximum Gasteiger partial charge on any atom is 0.332 e. The van der Waals surface area contributed by atoms with E-state index in [9.17, 15) is 14.4 Å².